The second-order valence-corrected chi connectivity index (χ2v) is 6.42. The summed E-state index contributed by atoms with van der Waals surface area (Å²) < 4.78 is 15.8. The first-order valence-electron chi connectivity index (χ1n) is 7.94. The monoisotopic (exact) mass is 442 g/mol. The van der Waals surface area contributed by atoms with E-state index in [0.717, 1.165) is 0 Å². The first-order chi connectivity index (χ1) is 13.4. The van der Waals surface area contributed by atoms with Crippen molar-refractivity contribution in [3.8, 4) is 17.1 Å². The first-order valence-corrected chi connectivity index (χ1v) is 9.07. The Labute approximate surface area is 174 Å². The van der Waals surface area contributed by atoms with Crippen molar-refractivity contribution in [2.24, 2.45) is 0 Å². The molecule has 146 valence electrons. The van der Waals surface area contributed by atoms with E-state index in [9.17, 15) is 4.79 Å². The molecule has 0 fully saturated rings. The molecule has 0 saturated carbocycles. The molecule has 1 aromatic carbocycles. The van der Waals surface area contributed by atoms with E-state index < -0.39 is 5.97 Å². The number of benzene rings is 1. The molecule has 0 aliphatic rings. The molecule has 0 aliphatic heterocycles. The Morgan fingerprint density at radius 2 is 1.93 bits per heavy atom. The maximum absolute atomic E-state index is 12.2. The number of pyridine rings is 1. The van der Waals surface area contributed by atoms with Crippen LogP contribution in [0.1, 0.15) is 23.3 Å². The lowest BCUT2D eigenvalue weighted by Gasteiger charge is -2.08. The van der Waals surface area contributed by atoms with Crippen LogP contribution < -0.4 is 10.5 Å². The van der Waals surface area contributed by atoms with Gasteiger partial charge in [-0.2, -0.15) is 4.98 Å². The average Bonchev–Trinajstić information content (AvgIpc) is 3.17. The molecule has 2 aromatic heterocycles. The fraction of sp³-hybridized carbons (Fsp3) is 0.176. The Bertz CT molecular complexity index is 1030. The van der Waals surface area contributed by atoms with Gasteiger partial charge in [-0.15, -0.1) is 0 Å². The van der Waals surface area contributed by atoms with Crippen LogP contribution in [0.3, 0.4) is 0 Å². The summed E-state index contributed by atoms with van der Waals surface area (Å²) in [5.74, 6) is 0.102. The number of aromatic nitrogens is 3. The summed E-state index contributed by atoms with van der Waals surface area (Å²) >= 11 is 17.6. The van der Waals surface area contributed by atoms with Gasteiger partial charge in [-0.1, -0.05) is 52.1 Å². The van der Waals surface area contributed by atoms with Gasteiger partial charge in [0.15, 0.2) is 17.5 Å². The molecule has 0 saturated heterocycles. The number of nitrogens with two attached hydrogens (primary N) is 1. The van der Waals surface area contributed by atoms with Gasteiger partial charge in [0, 0.05) is 0 Å². The molecule has 0 aliphatic carbocycles. The standard InChI is InChI=1S/C17H13Cl3N4O4/c1-2-26-9-6-4-3-5-8(9)16-22-10(28-24-16)7-27-17(25)14-11(18)13(21)12(19)15(20)23-14/h3-6H,2,7H2,1H3,(H2,21,23). The van der Waals surface area contributed by atoms with Gasteiger partial charge in [-0.3, -0.25) is 0 Å². The molecule has 0 bridgehead atoms. The number of rotatable bonds is 6. The topological polar surface area (TPSA) is 113 Å². The van der Waals surface area contributed by atoms with Crippen LogP contribution in [0, 0.1) is 0 Å². The highest BCUT2D eigenvalue weighted by Crippen LogP contribution is 2.34. The summed E-state index contributed by atoms with van der Waals surface area (Å²) in [6.07, 6.45) is 0. The van der Waals surface area contributed by atoms with E-state index in [-0.39, 0.29) is 39.1 Å². The Hall–Kier alpha value is -2.55. The second-order valence-electron chi connectivity index (χ2n) is 5.31. The van der Waals surface area contributed by atoms with Crippen molar-refractivity contribution in [2.45, 2.75) is 13.5 Å². The van der Waals surface area contributed by atoms with Gasteiger partial charge in [0.05, 0.1) is 22.9 Å². The molecule has 3 rings (SSSR count). The van der Waals surface area contributed by atoms with Crippen LogP contribution in [-0.4, -0.2) is 27.7 Å². The first kappa shape index (κ1) is 20.2. The minimum atomic E-state index is -0.871. The van der Waals surface area contributed by atoms with Crippen LogP contribution >= 0.6 is 34.8 Å². The predicted octanol–water partition coefficient (Wildman–Crippen LogP) is 4.43. The van der Waals surface area contributed by atoms with Gasteiger partial charge >= 0.3 is 5.97 Å². The van der Waals surface area contributed by atoms with Gasteiger partial charge < -0.3 is 19.7 Å². The van der Waals surface area contributed by atoms with Crippen LogP contribution in [0.15, 0.2) is 28.8 Å². The highest BCUT2D eigenvalue weighted by atomic mass is 35.5. The van der Waals surface area contributed by atoms with Gasteiger partial charge in [-0.25, -0.2) is 9.78 Å². The zero-order chi connectivity index (χ0) is 20.3. The smallest absolute Gasteiger partial charge is 0.359 e. The van der Waals surface area contributed by atoms with E-state index in [2.05, 4.69) is 15.1 Å². The molecule has 8 nitrogen and oxygen atoms in total. The number of carbonyl (C=O) groups excluding carboxylic acids is 1. The van der Waals surface area contributed by atoms with E-state index in [1.807, 2.05) is 19.1 Å². The molecule has 2 N–H and O–H groups in total. The van der Waals surface area contributed by atoms with E-state index >= 15 is 0 Å². The van der Waals surface area contributed by atoms with Crippen molar-refractivity contribution in [1.29, 1.82) is 0 Å². The molecule has 0 atom stereocenters. The lowest BCUT2D eigenvalue weighted by atomic mass is 10.2. The minimum absolute atomic E-state index is 0.0438. The predicted molar refractivity (Wildman–Crippen MR) is 104 cm³/mol. The maximum atomic E-state index is 12.2. The third-order valence-electron chi connectivity index (χ3n) is 3.49. The van der Waals surface area contributed by atoms with Gasteiger partial charge in [0.2, 0.25) is 5.82 Å². The highest BCUT2D eigenvalue weighted by molar-refractivity contribution is 6.46. The fourth-order valence-electron chi connectivity index (χ4n) is 2.22. The Balaban J connectivity index is 1.74. The van der Waals surface area contributed by atoms with E-state index in [1.165, 1.54) is 0 Å². The summed E-state index contributed by atoms with van der Waals surface area (Å²) in [6.45, 7) is 2.05. The summed E-state index contributed by atoms with van der Waals surface area (Å²) in [5.41, 5.74) is 6.00. The molecule has 0 spiro atoms. The molecular formula is C17H13Cl3N4O4. The van der Waals surface area contributed by atoms with Gasteiger partial charge in [0.25, 0.3) is 5.89 Å². The summed E-state index contributed by atoms with van der Waals surface area (Å²) in [5, 5.41) is 3.52. The molecule has 0 unspecified atom stereocenters. The van der Waals surface area contributed by atoms with Crippen LogP contribution in [0.2, 0.25) is 15.2 Å². The Morgan fingerprint density at radius 3 is 2.68 bits per heavy atom. The third kappa shape index (κ3) is 4.14. The van der Waals surface area contributed by atoms with Crippen LogP contribution in [-0.2, 0) is 11.3 Å². The normalized spacial score (nSPS) is 10.7. The number of esters is 1. The maximum Gasteiger partial charge on any atom is 0.359 e. The van der Waals surface area contributed by atoms with Crippen molar-refractivity contribution in [1.82, 2.24) is 15.1 Å². The Kier molecular flexibility index (Phi) is 6.23. The number of ether oxygens (including phenoxy) is 2. The van der Waals surface area contributed by atoms with Crippen LogP contribution in [0.4, 0.5) is 5.69 Å². The zero-order valence-electron chi connectivity index (χ0n) is 14.4. The van der Waals surface area contributed by atoms with E-state index in [4.69, 9.17) is 54.5 Å². The molecule has 11 heteroatoms. The van der Waals surface area contributed by atoms with Crippen LogP contribution in [0.25, 0.3) is 11.4 Å². The fourth-order valence-corrected chi connectivity index (χ4v) is 2.80. The largest absolute Gasteiger partial charge is 0.493 e. The van der Waals surface area contributed by atoms with Crippen molar-refractivity contribution >= 4 is 46.5 Å². The van der Waals surface area contributed by atoms with Crippen molar-refractivity contribution in [3.05, 3.63) is 51.0 Å². The Morgan fingerprint density at radius 1 is 1.18 bits per heavy atom. The van der Waals surface area contributed by atoms with Crippen molar-refractivity contribution in [2.75, 3.05) is 12.3 Å². The van der Waals surface area contributed by atoms with Crippen molar-refractivity contribution in [3.63, 3.8) is 0 Å². The lowest BCUT2D eigenvalue weighted by Crippen LogP contribution is -2.10. The molecule has 2 heterocycles. The number of nitrogen functional groups attached to an aromatic ring is 1. The number of halogens is 3. The summed E-state index contributed by atoms with van der Waals surface area (Å²) in [7, 11) is 0. The SMILES string of the molecule is CCOc1ccccc1-c1noc(COC(=O)c2nc(Cl)c(Cl)c(N)c2Cl)n1. The molecule has 28 heavy (non-hydrogen) atoms. The number of carbonyl (C=O) groups is 1. The molecular weight excluding hydrogens is 431 g/mol. The minimum Gasteiger partial charge on any atom is -0.493 e. The molecule has 3 aromatic rings. The number of hydrogen-bond acceptors (Lipinski definition) is 8. The van der Waals surface area contributed by atoms with Crippen LogP contribution in [0.5, 0.6) is 5.75 Å². The zero-order valence-corrected chi connectivity index (χ0v) is 16.7. The highest BCUT2D eigenvalue weighted by Gasteiger charge is 2.22. The third-order valence-corrected chi connectivity index (χ3v) is 4.62. The number of para-hydroxylation sites is 1. The average molecular weight is 444 g/mol. The lowest BCUT2D eigenvalue weighted by molar-refractivity contribution is 0.0423. The van der Waals surface area contributed by atoms with E-state index in [0.29, 0.717) is 23.7 Å². The van der Waals surface area contributed by atoms with E-state index in [1.54, 1.807) is 12.1 Å². The number of nitrogens with zero attached hydrogens (tertiary/aromatic N) is 3. The van der Waals surface area contributed by atoms with Gasteiger partial charge in [0.1, 0.15) is 10.8 Å². The summed E-state index contributed by atoms with van der Waals surface area (Å²) in [6, 6.07) is 7.22. The molecule has 0 amide bonds. The summed E-state index contributed by atoms with van der Waals surface area (Å²) in [4.78, 5) is 20.2. The van der Waals surface area contributed by atoms with Gasteiger partial charge in [-0.05, 0) is 19.1 Å². The quantitative estimate of drug-likeness (QED) is 0.439. The van der Waals surface area contributed by atoms with Crippen molar-refractivity contribution < 1.29 is 18.8 Å². The number of hydrogen-bond donors (Lipinski definition) is 1. The second kappa shape index (κ2) is 8.64. The molecule has 0 radical (unpaired) electrons. The number of anilines is 1.